The van der Waals surface area contributed by atoms with Crippen molar-refractivity contribution in [2.45, 2.75) is 31.4 Å². The Labute approximate surface area is 157 Å². The van der Waals surface area contributed by atoms with Crippen molar-refractivity contribution in [1.29, 1.82) is 0 Å². The topological polar surface area (TPSA) is 88.0 Å². The third kappa shape index (κ3) is 3.45. The number of ether oxygens (including phenoxy) is 2. The zero-order chi connectivity index (χ0) is 19.0. The standard InChI is InChI=1S/C21H23NO5/c1-26-16-3-4-17(18(24)11-16)21(25)22-20(14-9-15(23)10-14)13-2-5-19-12(8-13)6-7-27-19/h2-5,8,11,14-15,20,23-24H,6-7,9-10H2,1H3,(H,22,25)/t14?,15?,20-/m0/s1. The molecule has 0 saturated heterocycles. The van der Waals surface area contributed by atoms with E-state index in [0.717, 1.165) is 23.3 Å². The molecule has 3 N–H and O–H groups in total. The van der Waals surface area contributed by atoms with Crippen LogP contribution < -0.4 is 14.8 Å². The smallest absolute Gasteiger partial charge is 0.255 e. The van der Waals surface area contributed by atoms with Crippen molar-refractivity contribution in [3.05, 3.63) is 53.1 Å². The third-order valence-corrected chi connectivity index (χ3v) is 5.43. The largest absolute Gasteiger partial charge is 0.507 e. The van der Waals surface area contributed by atoms with Crippen LogP contribution in [0, 0.1) is 5.92 Å². The molecular weight excluding hydrogens is 346 g/mol. The molecule has 1 aliphatic heterocycles. The van der Waals surface area contributed by atoms with Gasteiger partial charge in [-0.25, -0.2) is 0 Å². The summed E-state index contributed by atoms with van der Waals surface area (Å²) in [4.78, 5) is 12.8. The predicted octanol–water partition coefficient (Wildman–Crippen LogP) is 2.58. The first kappa shape index (κ1) is 17.7. The molecule has 0 unspecified atom stereocenters. The van der Waals surface area contributed by atoms with Gasteiger partial charge in [0.15, 0.2) is 0 Å². The molecule has 0 aromatic heterocycles. The van der Waals surface area contributed by atoms with Gasteiger partial charge in [-0.2, -0.15) is 0 Å². The SMILES string of the molecule is COc1ccc(C(=O)N[C@@H](c2ccc3c(c2)CCO3)C2CC(O)C2)c(O)c1. The van der Waals surface area contributed by atoms with Crippen molar-refractivity contribution < 1.29 is 24.5 Å². The molecule has 2 aromatic rings. The molecule has 4 rings (SSSR count). The van der Waals surface area contributed by atoms with Crippen LogP contribution in [0.25, 0.3) is 0 Å². The summed E-state index contributed by atoms with van der Waals surface area (Å²) in [5.41, 5.74) is 2.33. The van der Waals surface area contributed by atoms with Gasteiger partial charge in [0, 0.05) is 12.5 Å². The molecule has 0 spiro atoms. The van der Waals surface area contributed by atoms with Gasteiger partial charge in [-0.3, -0.25) is 4.79 Å². The molecule has 1 amide bonds. The number of amides is 1. The van der Waals surface area contributed by atoms with Crippen molar-refractivity contribution in [2.24, 2.45) is 5.92 Å². The average molecular weight is 369 g/mol. The van der Waals surface area contributed by atoms with Crippen LogP contribution in [0.4, 0.5) is 0 Å². The van der Waals surface area contributed by atoms with E-state index in [-0.39, 0.29) is 35.3 Å². The lowest BCUT2D eigenvalue weighted by atomic mass is 9.74. The molecule has 6 nitrogen and oxygen atoms in total. The number of aliphatic hydroxyl groups is 1. The summed E-state index contributed by atoms with van der Waals surface area (Å²) < 4.78 is 10.6. The second-order valence-electron chi connectivity index (χ2n) is 7.19. The molecule has 0 radical (unpaired) electrons. The summed E-state index contributed by atoms with van der Waals surface area (Å²) in [6, 6.07) is 10.4. The molecule has 142 valence electrons. The normalized spacial score (nSPS) is 21.6. The Morgan fingerprint density at radius 3 is 2.78 bits per heavy atom. The number of hydrogen-bond donors (Lipinski definition) is 3. The van der Waals surface area contributed by atoms with E-state index in [0.29, 0.717) is 25.2 Å². The highest BCUT2D eigenvalue weighted by atomic mass is 16.5. The number of aromatic hydroxyl groups is 1. The number of benzene rings is 2. The Morgan fingerprint density at radius 2 is 2.07 bits per heavy atom. The van der Waals surface area contributed by atoms with E-state index in [2.05, 4.69) is 11.4 Å². The van der Waals surface area contributed by atoms with Gasteiger partial charge < -0.3 is 25.0 Å². The monoisotopic (exact) mass is 369 g/mol. The summed E-state index contributed by atoms with van der Waals surface area (Å²) in [7, 11) is 1.50. The molecular formula is C21H23NO5. The summed E-state index contributed by atoms with van der Waals surface area (Å²) in [5.74, 6) is 1.07. The van der Waals surface area contributed by atoms with Gasteiger partial charge in [0.05, 0.1) is 31.4 Å². The van der Waals surface area contributed by atoms with Crippen LogP contribution in [0.5, 0.6) is 17.2 Å². The molecule has 27 heavy (non-hydrogen) atoms. The van der Waals surface area contributed by atoms with Crippen LogP contribution >= 0.6 is 0 Å². The fourth-order valence-corrected chi connectivity index (χ4v) is 3.82. The minimum absolute atomic E-state index is 0.124. The molecule has 1 aliphatic carbocycles. The molecule has 2 aromatic carbocycles. The fourth-order valence-electron chi connectivity index (χ4n) is 3.82. The van der Waals surface area contributed by atoms with E-state index in [4.69, 9.17) is 9.47 Å². The van der Waals surface area contributed by atoms with Gasteiger partial charge in [0.1, 0.15) is 17.2 Å². The number of phenols is 1. The van der Waals surface area contributed by atoms with Gasteiger partial charge in [-0.15, -0.1) is 0 Å². The lowest BCUT2D eigenvalue weighted by Crippen LogP contribution is -2.41. The van der Waals surface area contributed by atoms with Gasteiger partial charge in [0.2, 0.25) is 0 Å². The van der Waals surface area contributed by atoms with Gasteiger partial charge in [-0.1, -0.05) is 6.07 Å². The van der Waals surface area contributed by atoms with Crippen molar-refractivity contribution in [2.75, 3.05) is 13.7 Å². The fraction of sp³-hybridized carbons (Fsp3) is 0.381. The first-order chi connectivity index (χ1) is 13.0. The first-order valence-electron chi connectivity index (χ1n) is 9.16. The van der Waals surface area contributed by atoms with Gasteiger partial charge in [-0.05, 0) is 54.2 Å². The molecule has 1 fully saturated rings. The van der Waals surface area contributed by atoms with Gasteiger partial charge in [0.25, 0.3) is 5.91 Å². The maximum atomic E-state index is 12.8. The summed E-state index contributed by atoms with van der Waals surface area (Å²) in [6.07, 6.45) is 1.83. The Kier molecular flexibility index (Phi) is 4.66. The van der Waals surface area contributed by atoms with Crippen LogP contribution in [-0.2, 0) is 6.42 Å². The van der Waals surface area contributed by atoms with Crippen molar-refractivity contribution in [3.8, 4) is 17.2 Å². The zero-order valence-electron chi connectivity index (χ0n) is 15.1. The Morgan fingerprint density at radius 1 is 1.26 bits per heavy atom. The lowest BCUT2D eigenvalue weighted by molar-refractivity contribution is 0.0235. The molecule has 0 bridgehead atoms. The highest BCUT2D eigenvalue weighted by Crippen LogP contribution is 2.40. The maximum absolute atomic E-state index is 12.8. The molecule has 1 heterocycles. The van der Waals surface area contributed by atoms with E-state index in [9.17, 15) is 15.0 Å². The van der Waals surface area contributed by atoms with Gasteiger partial charge >= 0.3 is 0 Å². The average Bonchev–Trinajstić information content (AvgIpc) is 3.11. The number of fused-ring (bicyclic) bond motifs is 1. The molecule has 6 heteroatoms. The molecule has 2 aliphatic rings. The predicted molar refractivity (Wildman–Crippen MR) is 99.2 cm³/mol. The second-order valence-corrected chi connectivity index (χ2v) is 7.19. The van der Waals surface area contributed by atoms with E-state index in [1.54, 1.807) is 12.1 Å². The number of methoxy groups -OCH3 is 1. The van der Waals surface area contributed by atoms with Crippen molar-refractivity contribution in [1.82, 2.24) is 5.32 Å². The third-order valence-electron chi connectivity index (χ3n) is 5.43. The maximum Gasteiger partial charge on any atom is 0.255 e. The number of carbonyl (C=O) groups is 1. The van der Waals surface area contributed by atoms with E-state index >= 15 is 0 Å². The first-order valence-corrected chi connectivity index (χ1v) is 9.16. The highest BCUT2D eigenvalue weighted by molar-refractivity contribution is 5.97. The number of phenolic OH excluding ortho intramolecular Hbond substituents is 1. The van der Waals surface area contributed by atoms with Crippen LogP contribution in [0.1, 0.15) is 40.4 Å². The van der Waals surface area contributed by atoms with Crippen LogP contribution in [0.3, 0.4) is 0 Å². The molecule has 1 saturated carbocycles. The lowest BCUT2D eigenvalue weighted by Gasteiger charge is -2.38. The Hall–Kier alpha value is -2.73. The quantitative estimate of drug-likeness (QED) is 0.754. The number of nitrogens with one attached hydrogen (secondary N) is 1. The van der Waals surface area contributed by atoms with Crippen LogP contribution in [0.15, 0.2) is 36.4 Å². The zero-order valence-corrected chi connectivity index (χ0v) is 15.1. The minimum Gasteiger partial charge on any atom is -0.507 e. The second kappa shape index (κ2) is 7.12. The van der Waals surface area contributed by atoms with E-state index < -0.39 is 0 Å². The number of aliphatic hydroxyl groups excluding tert-OH is 1. The summed E-state index contributed by atoms with van der Waals surface area (Å²) >= 11 is 0. The van der Waals surface area contributed by atoms with Crippen LogP contribution in [0.2, 0.25) is 0 Å². The Bertz CT molecular complexity index is 860. The highest BCUT2D eigenvalue weighted by Gasteiger charge is 2.36. The number of rotatable bonds is 5. The number of hydrogen-bond acceptors (Lipinski definition) is 5. The van der Waals surface area contributed by atoms with E-state index in [1.807, 2.05) is 12.1 Å². The molecule has 1 atom stereocenters. The van der Waals surface area contributed by atoms with Crippen LogP contribution in [-0.4, -0.2) is 35.9 Å². The number of carbonyl (C=O) groups excluding carboxylic acids is 1. The van der Waals surface area contributed by atoms with Crippen molar-refractivity contribution >= 4 is 5.91 Å². The minimum atomic E-state index is -0.349. The van der Waals surface area contributed by atoms with Crippen molar-refractivity contribution in [3.63, 3.8) is 0 Å². The summed E-state index contributed by atoms with van der Waals surface area (Å²) in [5, 5.41) is 22.9. The Balaban J connectivity index is 1.59. The summed E-state index contributed by atoms with van der Waals surface area (Å²) in [6.45, 7) is 0.678. The van der Waals surface area contributed by atoms with E-state index in [1.165, 1.54) is 13.2 Å².